The van der Waals surface area contributed by atoms with Crippen LogP contribution in [0, 0.1) is 0 Å². The van der Waals surface area contributed by atoms with E-state index in [9.17, 15) is 0 Å². The molecule has 0 amide bonds. The van der Waals surface area contributed by atoms with E-state index in [4.69, 9.17) is 42.4 Å². The number of hydrogen-bond acceptors (Lipinski definition) is 9. The third-order valence-corrected chi connectivity index (χ3v) is 5.58. The smallest absolute Gasteiger partial charge is 0.491 e. The second-order valence-electron chi connectivity index (χ2n) is 10.4. The quantitative estimate of drug-likeness (QED) is 0.0995. The molecule has 10 heteroatoms. The van der Waals surface area contributed by atoms with Gasteiger partial charge in [0.05, 0.1) is 38.1 Å². The summed E-state index contributed by atoms with van der Waals surface area (Å²) >= 11 is 0. The molecule has 0 aliphatic heterocycles. The molecule has 0 aliphatic carbocycles. The van der Waals surface area contributed by atoms with Gasteiger partial charge in [-0.15, -0.1) is 0 Å². The highest BCUT2D eigenvalue weighted by atomic mass is 16.7. The van der Waals surface area contributed by atoms with Gasteiger partial charge in [0, 0.05) is 0 Å². The standard InChI is InChI=1S/C33H45BO9/c1-25(2)35-19-22-38-28-7-13-31(14-8-28)41-34(42-32-15-9-29(10-16-32)39-23-20-36-26(3)4)43-33-17-11-30(12-18-33)40-24-21-37-27(5)6/h7-18,25-27H,19-24H2,1-6H3. The fourth-order valence-electron chi connectivity index (χ4n) is 3.58. The molecule has 9 nitrogen and oxygen atoms in total. The number of rotatable bonds is 21. The van der Waals surface area contributed by atoms with Gasteiger partial charge < -0.3 is 42.4 Å². The molecule has 0 aliphatic rings. The molecule has 0 atom stereocenters. The molecule has 43 heavy (non-hydrogen) atoms. The van der Waals surface area contributed by atoms with E-state index in [1.807, 2.05) is 77.9 Å². The topological polar surface area (TPSA) is 83.1 Å². The van der Waals surface area contributed by atoms with Gasteiger partial charge in [-0.05, 0) is 114 Å². The normalized spacial score (nSPS) is 11.1. The van der Waals surface area contributed by atoms with E-state index in [-0.39, 0.29) is 18.3 Å². The summed E-state index contributed by atoms with van der Waals surface area (Å²) in [5.74, 6) is 3.77. The minimum atomic E-state index is -1.08. The van der Waals surface area contributed by atoms with E-state index in [0.717, 1.165) is 0 Å². The van der Waals surface area contributed by atoms with E-state index < -0.39 is 7.32 Å². The van der Waals surface area contributed by atoms with Gasteiger partial charge in [0.2, 0.25) is 0 Å². The lowest BCUT2D eigenvalue weighted by Gasteiger charge is -2.17. The maximum Gasteiger partial charge on any atom is 0.864 e. The molecule has 234 valence electrons. The summed E-state index contributed by atoms with van der Waals surface area (Å²) in [6, 6.07) is 21.7. The van der Waals surface area contributed by atoms with Crippen molar-refractivity contribution < 1.29 is 42.4 Å². The van der Waals surface area contributed by atoms with Crippen LogP contribution in [-0.4, -0.2) is 65.3 Å². The van der Waals surface area contributed by atoms with Crippen molar-refractivity contribution in [2.45, 2.75) is 59.9 Å². The van der Waals surface area contributed by atoms with Crippen molar-refractivity contribution in [1.82, 2.24) is 0 Å². The Morgan fingerprint density at radius 1 is 0.372 bits per heavy atom. The molecule has 0 aromatic heterocycles. The molecule has 0 heterocycles. The molecule has 0 unspecified atom stereocenters. The number of ether oxygens (including phenoxy) is 6. The van der Waals surface area contributed by atoms with Crippen molar-refractivity contribution in [3.8, 4) is 34.5 Å². The predicted octanol–water partition coefficient (Wildman–Crippen LogP) is 6.62. The summed E-state index contributed by atoms with van der Waals surface area (Å²) < 4.78 is 52.0. The van der Waals surface area contributed by atoms with Crippen molar-refractivity contribution in [2.75, 3.05) is 39.6 Å². The average Bonchev–Trinajstić information content (AvgIpc) is 2.98. The van der Waals surface area contributed by atoms with Crippen molar-refractivity contribution in [3.05, 3.63) is 72.8 Å². The van der Waals surface area contributed by atoms with Crippen molar-refractivity contribution in [1.29, 1.82) is 0 Å². The maximum atomic E-state index is 6.08. The summed E-state index contributed by atoms with van der Waals surface area (Å²) in [6.45, 7) is 14.9. The van der Waals surface area contributed by atoms with Crippen LogP contribution in [0.4, 0.5) is 0 Å². The zero-order chi connectivity index (χ0) is 30.9. The predicted molar refractivity (Wildman–Crippen MR) is 167 cm³/mol. The summed E-state index contributed by atoms with van der Waals surface area (Å²) in [5, 5.41) is 0. The number of hydrogen-bond donors (Lipinski definition) is 0. The second kappa shape index (κ2) is 18.8. The lowest BCUT2D eigenvalue weighted by Crippen LogP contribution is -2.36. The molecule has 3 rings (SSSR count). The van der Waals surface area contributed by atoms with Crippen LogP contribution in [0.3, 0.4) is 0 Å². The molecule has 0 N–H and O–H groups in total. The van der Waals surface area contributed by atoms with Crippen LogP contribution in [0.5, 0.6) is 34.5 Å². The van der Waals surface area contributed by atoms with Gasteiger partial charge in [0.25, 0.3) is 0 Å². The van der Waals surface area contributed by atoms with Crippen LogP contribution in [0.25, 0.3) is 0 Å². The third-order valence-electron chi connectivity index (χ3n) is 5.58. The van der Waals surface area contributed by atoms with Crippen molar-refractivity contribution in [2.24, 2.45) is 0 Å². The van der Waals surface area contributed by atoms with E-state index in [1.165, 1.54) is 0 Å². The van der Waals surface area contributed by atoms with Crippen LogP contribution in [-0.2, 0) is 14.2 Å². The Labute approximate surface area is 256 Å². The Hall–Kier alpha value is -3.60. The first kappa shape index (κ1) is 33.9. The number of benzene rings is 3. The van der Waals surface area contributed by atoms with Gasteiger partial charge in [0.1, 0.15) is 54.3 Å². The summed E-state index contributed by atoms with van der Waals surface area (Å²) in [7, 11) is -1.08. The SMILES string of the molecule is CC(C)OCCOc1ccc(OB(Oc2ccc(OCCOC(C)C)cc2)Oc2ccc(OCCOC(C)C)cc2)cc1. The van der Waals surface area contributed by atoms with Gasteiger partial charge >= 0.3 is 7.32 Å². The van der Waals surface area contributed by atoms with Crippen LogP contribution < -0.4 is 28.2 Å². The lowest BCUT2D eigenvalue weighted by molar-refractivity contribution is 0.0552. The molecular weight excluding hydrogens is 551 g/mol. The maximum absolute atomic E-state index is 6.08. The van der Waals surface area contributed by atoms with Crippen molar-refractivity contribution >= 4 is 7.32 Å². The van der Waals surface area contributed by atoms with Crippen LogP contribution in [0.15, 0.2) is 72.8 Å². The first-order valence-corrected chi connectivity index (χ1v) is 14.8. The Bertz CT molecular complexity index is 990. The molecular formula is C33H45BO9. The van der Waals surface area contributed by atoms with E-state index in [0.29, 0.717) is 74.1 Å². The van der Waals surface area contributed by atoms with E-state index in [2.05, 4.69) is 0 Å². The fourth-order valence-corrected chi connectivity index (χ4v) is 3.58. The molecule has 0 fully saturated rings. The molecule has 3 aromatic carbocycles. The van der Waals surface area contributed by atoms with Gasteiger partial charge in [0.15, 0.2) is 0 Å². The summed E-state index contributed by atoms with van der Waals surface area (Å²) in [4.78, 5) is 0. The highest BCUT2D eigenvalue weighted by Crippen LogP contribution is 2.24. The highest BCUT2D eigenvalue weighted by molar-refractivity contribution is 6.39. The highest BCUT2D eigenvalue weighted by Gasteiger charge is 2.30. The Morgan fingerprint density at radius 3 is 0.837 bits per heavy atom. The molecule has 0 bridgehead atoms. The molecule has 0 saturated heterocycles. The minimum absolute atomic E-state index is 0.164. The molecule has 0 spiro atoms. The Morgan fingerprint density at radius 2 is 0.605 bits per heavy atom. The Kier molecular flexibility index (Phi) is 14.9. The van der Waals surface area contributed by atoms with Crippen molar-refractivity contribution in [3.63, 3.8) is 0 Å². The summed E-state index contributed by atoms with van der Waals surface area (Å²) in [5.41, 5.74) is 0. The largest absolute Gasteiger partial charge is 0.864 e. The van der Waals surface area contributed by atoms with Gasteiger partial charge in [-0.25, -0.2) is 0 Å². The first-order chi connectivity index (χ1) is 20.8. The monoisotopic (exact) mass is 596 g/mol. The zero-order valence-electron chi connectivity index (χ0n) is 26.2. The van der Waals surface area contributed by atoms with Crippen LogP contribution in [0.2, 0.25) is 0 Å². The molecule has 3 aromatic rings. The van der Waals surface area contributed by atoms with E-state index >= 15 is 0 Å². The van der Waals surface area contributed by atoms with Gasteiger partial charge in [-0.2, -0.15) is 0 Å². The second-order valence-corrected chi connectivity index (χ2v) is 10.4. The average molecular weight is 597 g/mol. The van der Waals surface area contributed by atoms with Crippen LogP contribution >= 0.6 is 0 Å². The summed E-state index contributed by atoms with van der Waals surface area (Å²) in [6.07, 6.45) is 0.493. The van der Waals surface area contributed by atoms with E-state index in [1.54, 1.807) is 36.4 Å². The minimum Gasteiger partial charge on any atom is -0.491 e. The third kappa shape index (κ3) is 14.4. The van der Waals surface area contributed by atoms with Gasteiger partial charge in [-0.1, -0.05) is 0 Å². The zero-order valence-corrected chi connectivity index (χ0v) is 26.2. The fraction of sp³-hybridized carbons (Fsp3) is 0.455. The van der Waals surface area contributed by atoms with Crippen LogP contribution in [0.1, 0.15) is 41.5 Å². The molecule has 0 radical (unpaired) electrons. The lowest BCUT2D eigenvalue weighted by atomic mass is 10.2. The van der Waals surface area contributed by atoms with Gasteiger partial charge in [-0.3, -0.25) is 0 Å². The Balaban J connectivity index is 1.61. The molecule has 0 saturated carbocycles. The first-order valence-electron chi connectivity index (χ1n) is 14.8.